The number of urea groups is 1. The molecule has 0 radical (unpaired) electrons. The van der Waals surface area contributed by atoms with Gasteiger partial charge < -0.3 is 4.90 Å². The fourth-order valence-electron chi connectivity index (χ4n) is 4.48. The van der Waals surface area contributed by atoms with E-state index in [0.717, 1.165) is 30.0 Å². The highest BCUT2D eigenvalue weighted by atomic mass is 16.2. The van der Waals surface area contributed by atoms with Crippen LogP contribution in [0.3, 0.4) is 0 Å². The van der Waals surface area contributed by atoms with Gasteiger partial charge >= 0.3 is 6.03 Å². The van der Waals surface area contributed by atoms with Crippen molar-refractivity contribution in [1.82, 2.24) is 4.90 Å². The number of benzene rings is 2. The second-order valence-electron chi connectivity index (χ2n) is 6.57. The van der Waals surface area contributed by atoms with Crippen molar-refractivity contribution >= 4 is 28.4 Å². The van der Waals surface area contributed by atoms with Gasteiger partial charge in [-0.2, -0.15) is 0 Å². The summed E-state index contributed by atoms with van der Waals surface area (Å²) in [6.07, 6.45) is 3.13. The summed E-state index contributed by atoms with van der Waals surface area (Å²) in [5.41, 5.74) is 0.697. The minimum absolute atomic E-state index is 0.0347. The second-order valence-corrected chi connectivity index (χ2v) is 6.57. The van der Waals surface area contributed by atoms with E-state index in [4.69, 9.17) is 0 Å². The third-order valence-corrected chi connectivity index (χ3v) is 5.46. The molecule has 2 aliphatic heterocycles. The van der Waals surface area contributed by atoms with E-state index in [9.17, 15) is 9.59 Å². The van der Waals surface area contributed by atoms with Crippen molar-refractivity contribution in [3.05, 3.63) is 42.5 Å². The highest BCUT2D eigenvalue weighted by Crippen LogP contribution is 2.47. The normalized spacial score (nSPS) is 29.7. The molecule has 2 saturated heterocycles. The zero-order valence-electron chi connectivity index (χ0n) is 12.1. The molecule has 4 nitrogen and oxygen atoms in total. The molecule has 3 atom stereocenters. The standard InChI is InChI=1S/C18H16N2O2/c21-17-16-13-6-8-14(10-13)19(16)18(22)20(17)15-7-5-11-3-1-2-4-12(11)9-15/h1-5,7,9,13-14,16H,6,8,10H2. The molecule has 1 saturated carbocycles. The van der Waals surface area contributed by atoms with Gasteiger partial charge in [0.2, 0.25) is 0 Å². The van der Waals surface area contributed by atoms with E-state index >= 15 is 0 Å². The molecule has 2 heterocycles. The minimum atomic E-state index is -0.210. The summed E-state index contributed by atoms with van der Waals surface area (Å²) in [7, 11) is 0. The maximum atomic E-state index is 12.8. The number of fused-ring (bicyclic) bond motifs is 6. The van der Waals surface area contributed by atoms with E-state index in [-0.39, 0.29) is 24.0 Å². The van der Waals surface area contributed by atoms with Crippen LogP contribution in [0.2, 0.25) is 0 Å². The van der Waals surface area contributed by atoms with E-state index in [1.54, 1.807) is 0 Å². The zero-order valence-corrected chi connectivity index (χ0v) is 12.1. The van der Waals surface area contributed by atoms with Gasteiger partial charge in [-0.1, -0.05) is 30.3 Å². The van der Waals surface area contributed by atoms with Gasteiger partial charge in [-0.25, -0.2) is 9.69 Å². The van der Waals surface area contributed by atoms with Crippen molar-refractivity contribution in [2.45, 2.75) is 31.3 Å². The quantitative estimate of drug-likeness (QED) is 0.758. The number of anilines is 1. The average molecular weight is 292 g/mol. The molecule has 3 unspecified atom stereocenters. The van der Waals surface area contributed by atoms with Gasteiger partial charge in [0.1, 0.15) is 6.04 Å². The van der Waals surface area contributed by atoms with Crippen molar-refractivity contribution in [2.24, 2.45) is 5.92 Å². The lowest BCUT2D eigenvalue weighted by Gasteiger charge is -2.25. The summed E-state index contributed by atoms with van der Waals surface area (Å²) in [6, 6.07) is 13.7. The monoisotopic (exact) mass is 292 g/mol. The number of hydrogen-bond acceptors (Lipinski definition) is 2. The fourth-order valence-corrected chi connectivity index (χ4v) is 4.48. The first-order valence-electron chi connectivity index (χ1n) is 7.89. The maximum Gasteiger partial charge on any atom is 0.332 e. The molecule has 0 aromatic heterocycles. The van der Waals surface area contributed by atoms with Crippen molar-refractivity contribution in [1.29, 1.82) is 0 Å². The van der Waals surface area contributed by atoms with Gasteiger partial charge in [0.15, 0.2) is 0 Å². The van der Waals surface area contributed by atoms with Gasteiger partial charge in [-0.05, 0) is 48.1 Å². The van der Waals surface area contributed by atoms with Crippen LogP contribution < -0.4 is 4.90 Å². The lowest BCUT2D eigenvalue weighted by Crippen LogP contribution is -2.40. The predicted octanol–water partition coefficient (Wildman–Crippen LogP) is 3.16. The van der Waals surface area contributed by atoms with Gasteiger partial charge in [-0.3, -0.25) is 4.79 Å². The Morgan fingerprint density at radius 1 is 0.955 bits per heavy atom. The molecular weight excluding hydrogens is 276 g/mol. The molecule has 3 fully saturated rings. The van der Waals surface area contributed by atoms with E-state index < -0.39 is 0 Å². The van der Waals surface area contributed by atoms with Crippen LogP contribution in [0.4, 0.5) is 10.5 Å². The Labute approximate surface area is 128 Å². The topological polar surface area (TPSA) is 40.6 Å². The molecule has 4 heteroatoms. The summed E-state index contributed by atoms with van der Waals surface area (Å²) in [6.45, 7) is 0. The lowest BCUT2D eigenvalue weighted by atomic mass is 9.99. The summed E-state index contributed by atoms with van der Waals surface area (Å²) in [5.74, 6) is 0.333. The first kappa shape index (κ1) is 12.2. The zero-order chi connectivity index (χ0) is 14.8. The molecular formula is C18H16N2O2. The largest absolute Gasteiger partial charge is 0.332 e. The van der Waals surface area contributed by atoms with E-state index in [2.05, 4.69) is 0 Å². The van der Waals surface area contributed by atoms with Crippen molar-refractivity contribution in [3.8, 4) is 0 Å². The summed E-state index contributed by atoms with van der Waals surface area (Å²) in [4.78, 5) is 28.8. The van der Waals surface area contributed by atoms with Gasteiger partial charge in [-0.15, -0.1) is 0 Å². The van der Waals surface area contributed by atoms with Crippen LogP contribution in [0, 0.1) is 5.92 Å². The van der Waals surface area contributed by atoms with Gasteiger partial charge in [0.05, 0.1) is 5.69 Å². The Balaban J connectivity index is 1.59. The number of piperidine rings is 1. The number of carbonyl (C=O) groups excluding carboxylic acids is 2. The van der Waals surface area contributed by atoms with Crippen LogP contribution >= 0.6 is 0 Å². The van der Waals surface area contributed by atoms with Crippen LogP contribution in [-0.4, -0.2) is 28.9 Å². The Morgan fingerprint density at radius 2 is 1.77 bits per heavy atom. The Hall–Kier alpha value is -2.36. The summed E-state index contributed by atoms with van der Waals surface area (Å²) < 4.78 is 0. The summed E-state index contributed by atoms with van der Waals surface area (Å²) in [5, 5.41) is 2.17. The number of nitrogens with zero attached hydrogens (tertiary/aromatic N) is 2. The first-order valence-corrected chi connectivity index (χ1v) is 7.89. The Bertz CT molecular complexity index is 788. The maximum absolute atomic E-state index is 12.8. The smallest absolute Gasteiger partial charge is 0.309 e. The Morgan fingerprint density at radius 3 is 2.59 bits per heavy atom. The first-order chi connectivity index (χ1) is 10.7. The van der Waals surface area contributed by atoms with Crippen LogP contribution in [-0.2, 0) is 4.79 Å². The molecule has 3 amide bonds. The van der Waals surface area contributed by atoms with Crippen molar-refractivity contribution < 1.29 is 9.59 Å². The molecule has 3 aliphatic rings. The number of carbonyl (C=O) groups is 2. The van der Waals surface area contributed by atoms with Crippen molar-refractivity contribution in [2.75, 3.05) is 4.90 Å². The summed E-state index contributed by atoms with van der Waals surface area (Å²) >= 11 is 0. The van der Waals surface area contributed by atoms with Crippen molar-refractivity contribution in [3.63, 3.8) is 0 Å². The van der Waals surface area contributed by atoms with Gasteiger partial charge in [0, 0.05) is 6.04 Å². The number of amides is 3. The third-order valence-electron chi connectivity index (χ3n) is 5.46. The number of imide groups is 1. The average Bonchev–Trinajstić information content (AvgIpc) is 3.21. The van der Waals surface area contributed by atoms with E-state index in [1.165, 1.54) is 4.90 Å². The highest BCUT2D eigenvalue weighted by Gasteiger charge is 2.59. The molecule has 5 rings (SSSR count). The van der Waals surface area contributed by atoms with Gasteiger partial charge in [0.25, 0.3) is 5.91 Å². The molecule has 2 aromatic carbocycles. The van der Waals surface area contributed by atoms with Crippen LogP contribution in [0.1, 0.15) is 19.3 Å². The third kappa shape index (κ3) is 1.42. The fraction of sp³-hybridized carbons (Fsp3) is 0.333. The lowest BCUT2D eigenvalue weighted by molar-refractivity contribution is -0.120. The molecule has 0 N–H and O–H groups in total. The molecule has 2 bridgehead atoms. The molecule has 1 aliphatic carbocycles. The predicted molar refractivity (Wildman–Crippen MR) is 83.6 cm³/mol. The number of rotatable bonds is 1. The van der Waals surface area contributed by atoms with E-state index in [1.807, 2.05) is 47.4 Å². The molecule has 22 heavy (non-hydrogen) atoms. The Kier molecular flexibility index (Phi) is 2.27. The van der Waals surface area contributed by atoms with Crippen LogP contribution in [0.25, 0.3) is 10.8 Å². The molecule has 2 aromatic rings. The highest BCUT2D eigenvalue weighted by molar-refractivity contribution is 6.22. The molecule has 0 spiro atoms. The number of hydrogen-bond donors (Lipinski definition) is 0. The van der Waals surface area contributed by atoms with Crippen LogP contribution in [0.15, 0.2) is 42.5 Å². The van der Waals surface area contributed by atoms with Crippen LogP contribution in [0.5, 0.6) is 0 Å². The van der Waals surface area contributed by atoms with E-state index in [0.29, 0.717) is 11.6 Å². The molecule has 110 valence electrons. The SMILES string of the molecule is O=C1C2C3CCC(C3)N2C(=O)N1c1ccc2ccccc2c1. The minimum Gasteiger partial charge on any atom is -0.309 e. The second kappa shape index (κ2) is 4.09.